The Bertz CT molecular complexity index is 921. The highest BCUT2D eigenvalue weighted by molar-refractivity contribution is 14.1. The first-order chi connectivity index (χ1) is 13.0. The Morgan fingerprint density at radius 2 is 1.00 bits per heavy atom. The molecule has 0 bridgehead atoms. The van der Waals surface area contributed by atoms with Crippen LogP contribution in [0.4, 0.5) is 0 Å². The van der Waals surface area contributed by atoms with E-state index in [0.29, 0.717) is 18.3 Å². The van der Waals surface area contributed by atoms with Gasteiger partial charge in [-0.25, -0.2) is 9.59 Å². The number of halogens is 4. The Morgan fingerprint density at radius 3 is 1.29 bits per heavy atom. The van der Waals surface area contributed by atoms with E-state index in [2.05, 4.69) is 0 Å². The van der Waals surface area contributed by atoms with Crippen LogP contribution in [0.15, 0.2) is 35.4 Å². The monoisotopic (exact) mass is 832 g/mol. The van der Waals surface area contributed by atoms with Gasteiger partial charge < -0.3 is 20.4 Å². The van der Waals surface area contributed by atoms with Gasteiger partial charge in [0.15, 0.2) is 0 Å². The first-order valence-corrected chi connectivity index (χ1v) is 11.8. The molecule has 10 heteroatoms. The lowest BCUT2D eigenvalue weighted by Gasteiger charge is -2.13. The van der Waals surface area contributed by atoms with Gasteiger partial charge in [-0.05, 0) is 115 Å². The van der Waals surface area contributed by atoms with Crippen LogP contribution in [0.2, 0.25) is 0 Å². The fourth-order valence-electron chi connectivity index (χ4n) is 2.51. The molecule has 0 heterocycles. The van der Waals surface area contributed by atoms with Gasteiger partial charge >= 0.3 is 11.9 Å². The van der Waals surface area contributed by atoms with Crippen molar-refractivity contribution in [1.82, 2.24) is 0 Å². The Morgan fingerprint density at radius 1 is 0.679 bits per heavy atom. The maximum atomic E-state index is 11.9. The second-order valence-corrected chi connectivity index (χ2v) is 10.5. The first kappa shape index (κ1) is 23.9. The smallest absolute Gasteiger partial charge is 0.332 e. The summed E-state index contributed by atoms with van der Waals surface area (Å²) in [7, 11) is 0. The van der Waals surface area contributed by atoms with Crippen molar-refractivity contribution in [3.63, 3.8) is 0 Å². The molecule has 0 aliphatic carbocycles. The van der Waals surface area contributed by atoms with Crippen LogP contribution in [0.5, 0.6) is 11.5 Å². The molecule has 0 atom stereocenters. The SMILES string of the molecule is O=C(O)C(Cc1cc(I)cc(I)c1O)=C(Cc1cc(I)cc(I)c1O)C(=O)O. The Kier molecular flexibility index (Phi) is 8.63. The van der Waals surface area contributed by atoms with Crippen LogP contribution in [0.25, 0.3) is 0 Å². The van der Waals surface area contributed by atoms with Crippen molar-refractivity contribution in [3.8, 4) is 11.5 Å². The molecular formula is C18H12I4O6. The molecule has 0 spiro atoms. The summed E-state index contributed by atoms with van der Waals surface area (Å²) in [5.41, 5.74) is -0.0227. The van der Waals surface area contributed by atoms with Crippen molar-refractivity contribution >= 4 is 102 Å². The third-order valence-electron chi connectivity index (χ3n) is 3.83. The van der Waals surface area contributed by atoms with Gasteiger partial charge in [0.05, 0.1) is 18.3 Å². The van der Waals surface area contributed by atoms with Crippen LogP contribution in [-0.4, -0.2) is 32.4 Å². The highest BCUT2D eigenvalue weighted by Gasteiger charge is 2.24. The summed E-state index contributed by atoms with van der Waals surface area (Å²) < 4.78 is 2.68. The molecule has 0 fully saturated rings. The van der Waals surface area contributed by atoms with Crippen LogP contribution in [0.1, 0.15) is 11.1 Å². The maximum absolute atomic E-state index is 11.9. The number of carboxylic acids is 2. The third-order valence-corrected chi connectivity index (χ3v) is 6.72. The molecule has 6 nitrogen and oxygen atoms in total. The average Bonchev–Trinajstić information content (AvgIpc) is 2.58. The highest BCUT2D eigenvalue weighted by Crippen LogP contribution is 2.32. The second kappa shape index (κ2) is 10.1. The second-order valence-electron chi connectivity index (χ2n) is 5.71. The molecule has 0 saturated carbocycles. The van der Waals surface area contributed by atoms with Gasteiger partial charge in [0.1, 0.15) is 11.5 Å². The summed E-state index contributed by atoms with van der Waals surface area (Å²) in [5, 5.41) is 39.9. The van der Waals surface area contributed by atoms with E-state index in [1.807, 2.05) is 90.4 Å². The van der Waals surface area contributed by atoms with Gasteiger partial charge in [-0.2, -0.15) is 0 Å². The predicted octanol–water partition coefficient (Wildman–Crippen LogP) is 4.77. The summed E-state index contributed by atoms with van der Waals surface area (Å²) in [4.78, 5) is 23.7. The lowest BCUT2D eigenvalue weighted by Crippen LogP contribution is -2.16. The van der Waals surface area contributed by atoms with Crippen molar-refractivity contribution < 1.29 is 30.0 Å². The van der Waals surface area contributed by atoms with Gasteiger partial charge in [0.2, 0.25) is 0 Å². The number of carbonyl (C=O) groups is 2. The van der Waals surface area contributed by atoms with E-state index >= 15 is 0 Å². The largest absolute Gasteiger partial charge is 0.507 e. The van der Waals surface area contributed by atoms with E-state index in [0.717, 1.165) is 7.14 Å². The number of phenols is 2. The van der Waals surface area contributed by atoms with E-state index < -0.39 is 11.9 Å². The quantitative estimate of drug-likeness (QED) is 0.247. The molecule has 4 N–H and O–H groups in total. The molecule has 0 radical (unpaired) electrons. The maximum Gasteiger partial charge on any atom is 0.332 e. The van der Waals surface area contributed by atoms with Gasteiger partial charge in [-0.1, -0.05) is 0 Å². The van der Waals surface area contributed by atoms with Gasteiger partial charge in [-0.3, -0.25) is 0 Å². The van der Waals surface area contributed by atoms with Crippen LogP contribution >= 0.6 is 90.4 Å². The standard InChI is InChI=1S/C18H12I4O6/c19-9-1-7(15(23)13(21)5-9)3-11(17(25)26)12(18(27)28)4-8-2-10(20)6-14(22)16(8)24/h1-2,5-6,23-24H,3-4H2,(H,25,26)(H,27,28). The number of aromatic hydroxyl groups is 2. The lowest BCUT2D eigenvalue weighted by molar-refractivity contribution is -0.136. The van der Waals surface area contributed by atoms with Crippen molar-refractivity contribution in [2.45, 2.75) is 12.8 Å². The molecule has 2 rings (SSSR count). The van der Waals surface area contributed by atoms with E-state index in [4.69, 9.17) is 0 Å². The van der Waals surface area contributed by atoms with E-state index in [1.54, 1.807) is 24.3 Å². The lowest BCUT2D eigenvalue weighted by atomic mass is 9.94. The third kappa shape index (κ3) is 5.84. The van der Waals surface area contributed by atoms with Crippen LogP contribution in [0, 0.1) is 14.3 Å². The Hall–Kier alpha value is -0.360. The number of phenolic OH excluding ortho intramolecular Hbond substituents is 2. The van der Waals surface area contributed by atoms with Crippen LogP contribution in [0.3, 0.4) is 0 Å². The minimum Gasteiger partial charge on any atom is -0.507 e. The van der Waals surface area contributed by atoms with E-state index in [9.17, 15) is 30.0 Å². The van der Waals surface area contributed by atoms with Crippen molar-refractivity contribution in [2.24, 2.45) is 0 Å². The minimum absolute atomic E-state index is 0.0730. The van der Waals surface area contributed by atoms with E-state index in [-0.39, 0.29) is 35.5 Å². The number of hydrogen-bond acceptors (Lipinski definition) is 4. The first-order valence-electron chi connectivity index (χ1n) is 7.53. The van der Waals surface area contributed by atoms with Gasteiger partial charge in [0, 0.05) is 31.1 Å². The molecule has 2 aromatic rings. The molecule has 0 saturated heterocycles. The van der Waals surface area contributed by atoms with Crippen molar-refractivity contribution in [1.29, 1.82) is 0 Å². The van der Waals surface area contributed by atoms with Crippen molar-refractivity contribution in [2.75, 3.05) is 0 Å². The topological polar surface area (TPSA) is 115 Å². The predicted molar refractivity (Wildman–Crippen MR) is 137 cm³/mol. The summed E-state index contributed by atoms with van der Waals surface area (Å²) in [5.74, 6) is -2.91. The zero-order chi connectivity index (χ0) is 21.2. The number of carboxylic acid groups (broad SMARTS) is 2. The van der Waals surface area contributed by atoms with Gasteiger partial charge in [0.25, 0.3) is 0 Å². The Labute approximate surface area is 215 Å². The molecule has 28 heavy (non-hydrogen) atoms. The summed E-state index contributed by atoms with van der Waals surface area (Å²) in [6, 6.07) is 6.70. The van der Waals surface area contributed by atoms with Gasteiger partial charge in [-0.15, -0.1) is 0 Å². The van der Waals surface area contributed by atoms with E-state index in [1.165, 1.54) is 0 Å². The summed E-state index contributed by atoms with van der Waals surface area (Å²) >= 11 is 7.95. The molecule has 0 aliphatic rings. The number of benzene rings is 2. The van der Waals surface area contributed by atoms with Crippen LogP contribution < -0.4 is 0 Å². The van der Waals surface area contributed by atoms with Crippen molar-refractivity contribution in [3.05, 3.63) is 60.8 Å². The Balaban J connectivity index is 2.60. The van der Waals surface area contributed by atoms with Crippen LogP contribution in [-0.2, 0) is 22.4 Å². The molecule has 0 aromatic heterocycles. The summed E-state index contributed by atoms with van der Waals surface area (Å²) in [6.07, 6.45) is -0.505. The fraction of sp³-hybridized carbons (Fsp3) is 0.111. The zero-order valence-electron chi connectivity index (χ0n) is 13.8. The number of aliphatic carboxylic acids is 2. The molecular weight excluding hydrogens is 820 g/mol. The number of rotatable bonds is 6. The molecule has 0 unspecified atom stereocenters. The summed E-state index contributed by atoms with van der Waals surface area (Å²) in [6.45, 7) is 0. The normalized spacial score (nSPS) is 11.9. The highest BCUT2D eigenvalue weighted by atomic mass is 127. The molecule has 148 valence electrons. The zero-order valence-corrected chi connectivity index (χ0v) is 22.5. The average molecular weight is 832 g/mol. The fourth-order valence-corrected chi connectivity index (χ4v) is 6.44. The number of hydrogen-bond donors (Lipinski definition) is 4. The minimum atomic E-state index is -1.38. The molecule has 2 aromatic carbocycles. The molecule has 0 amide bonds. The molecule has 0 aliphatic heterocycles.